The molecule has 1 aromatic rings. The zero-order valence-corrected chi connectivity index (χ0v) is 13.1. The van der Waals surface area contributed by atoms with Crippen LogP contribution in [-0.4, -0.2) is 40.4 Å². The van der Waals surface area contributed by atoms with Gasteiger partial charge in [-0.05, 0) is 26.3 Å². The summed E-state index contributed by atoms with van der Waals surface area (Å²) >= 11 is 0. The van der Waals surface area contributed by atoms with E-state index in [0.29, 0.717) is 0 Å². The summed E-state index contributed by atoms with van der Waals surface area (Å²) < 4.78 is 40.8. The maximum atomic E-state index is 12.1. The van der Waals surface area contributed by atoms with Gasteiger partial charge in [0.15, 0.2) is 6.61 Å². The number of carbonyl (C=O) groups is 2. The van der Waals surface area contributed by atoms with Gasteiger partial charge in [-0.2, -0.15) is 13.2 Å². The summed E-state index contributed by atoms with van der Waals surface area (Å²) in [6.07, 6.45) is -3.20. The lowest BCUT2D eigenvalue weighted by atomic mass is 9.99. The van der Waals surface area contributed by atoms with Crippen molar-refractivity contribution in [2.24, 2.45) is 0 Å². The van der Waals surface area contributed by atoms with E-state index in [1.807, 2.05) is 0 Å². The molecule has 0 fully saturated rings. The molecule has 0 atom stereocenters. The number of carbonyl (C=O) groups excluding carboxylic acids is 1. The Morgan fingerprint density at radius 3 is 2.58 bits per heavy atom. The molecule has 1 heterocycles. The lowest BCUT2D eigenvalue weighted by molar-refractivity contribution is -0.154. The number of anilines is 1. The highest BCUT2D eigenvalue weighted by Crippen LogP contribution is 2.19. The SMILES string of the molecule is CC(C)(CCC(=O)O)NC(=O)Nc1ccnc(OCC(F)(F)F)c1. The lowest BCUT2D eigenvalue weighted by Gasteiger charge is -2.25. The van der Waals surface area contributed by atoms with Crippen molar-refractivity contribution >= 4 is 17.7 Å². The van der Waals surface area contributed by atoms with Crippen LogP contribution in [0.4, 0.5) is 23.7 Å². The van der Waals surface area contributed by atoms with Gasteiger partial charge < -0.3 is 20.5 Å². The number of nitrogens with zero attached hydrogens (tertiary/aromatic N) is 1. The van der Waals surface area contributed by atoms with Crippen LogP contribution in [0, 0.1) is 0 Å². The fourth-order valence-electron chi connectivity index (χ4n) is 1.67. The molecule has 24 heavy (non-hydrogen) atoms. The van der Waals surface area contributed by atoms with Crippen molar-refractivity contribution in [3.8, 4) is 5.88 Å². The highest BCUT2D eigenvalue weighted by Gasteiger charge is 2.28. The van der Waals surface area contributed by atoms with Crippen molar-refractivity contribution in [2.75, 3.05) is 11.9 Å². The van der Waals surface area contributed by atoms with Crippen LogP contribution in [0.15, 0.2) is 18.3 Å². The largest absolute Gasteiger partial charge is 0.481 e. The number of nitrogens with one attached hydrogen (secondary N) is 2. The van der Waals surface area contributed by atoms with E-state index in [4.69, 9.17) is 5.11 Å². The normalized spacial score (nSPS) is 11.7. The number of amides is 2. The monoisotopic (exact) mass is 349 g/mol. The topological polar surface area (TPSA) is 101 Å². The number of carboxylic acid groups (broad SMARTS) is 1. The number of aromatic nitrogens is 1. The minimum atomic E-state index is -4.49. The second kappa shape index (κ2) is 7.84. The first-order valence-corrected chi connectivity index (χ1v) is 6.93. The summed E-state index contributed by atoms with van der Waals surface area (Å²) in [5, 5.41) is 13.7. The van der Waals surface area contributed by atoms with Gasteiger partial charge in [0.2, 0.25) is 5.88 Å². The van der Waals surface area contributed by atoms with Crippen LogP contribution >= 0.6 is 0 Å². The summed E-state index contributed by atoms with van der Waals surface area (Å²) in [7, 11) is 0. The van der Waals surface area contributed by atoms with E-state index in [1.54, 1.807) is 13.8 Å². The Bertz CT molecular complexity index is 591. The van der Waals surface area contributed by atoms with Gasteiger partial charge in [0, 0.05) is 29.9 Å². The predicted molar refractivity (Wildman–Crippen MR) is 78.9 cm³/mol. The first-order valence-electron chi connectivity index (χ1n) is 6.93. The molecule has 1 aromatic heterocycles. The Morgan fingerprint density at radius 2 is 2.00 bits per heavy atom. The molecule has 0 bridgehead atoms. The molecule has 134 valence electrons. The average Bonchev–Trinajstić information content (AvgIpc) is 2.42. The lowest BCUT2D eigenvalue weighted by Crippen LogP contribution is -2.45. The van der Waals surface area contributed by atoms with Gasteiger partial charge in [-0.25, -0.2) is 9.78 Å². The van der Waals surface area contributed by atoms with Crippen molar-refractivity contribution < 1.29 is 32.6 Å². The number of hydrogen-bond acceptors (Lipinski definition) is 4. The molecule has 0 unspecified atom stereocenters. The van der Waals surface area contributed by atoms with Crippen LogP contribution in [0.1, 0.15) is 26.7 Å². The maximum Gasteiger partial charge on any atom is 0.422 e. The van der Waals surface area contributed by atoms with Gasteiger partial charge in [0.1, 0.15) is 0 Å². The average molecular weight is 349 g/mol. The van der Waals surface area contributed by atoms with E-state index < -0.39 is 30.3 Å². The van der Waals surface area contributed by atoms with E-state index in [-0.39, 0.29) is 24.4 Å². The van der Waals surface area contributed by atoms with E-state index in [2.05, 4.69) is 20.4 Å². The molecule has 0 aliphatic rings. The molecule has 2 amide bonds. The number of pyridine rings is 1. The minimum Gasteiger partial charge on any atom is -0.481 e. The van der Waals surface area contributed by atoms with Gasteiger partial charge in [0.25, 0.3) is 0 Å². The Kier molecular flexibility index (Phi) is 6.38. The second-order valence-electron chi connectivity index (χ2n) is 5.64. The van der Waals surface area contributed by atoms with Gasteiger partial charge >= 0.3 is 18.2 Å². The molecule has 0 aromatic carbocycles. The first-order chi connectivity index (χ1) is 11.0. The maximum absolute atomic E-state index is 12.1. The predicted octanol–water partition coefficient (Wildman–Crippen LogP) is 2.79. The number of carboxylic acids is 1. The van der Waals surface area contributed by atoms with Gasteiger partial charge in [-0.1, -0.05) is 0 Å². The fraction of sp³-hybridized carbons (Fsp3) is 0.500. The molecule has 7 nitrogen and oxygen atoms in total. The molecular formula is C14H18F3N3O4. The Balaban J connectivity index is 2.59. The van der Waals surface area contributed by atoms with Crippen LogP contribution in [0.3, 0.4) is 0 Å². The van der Waals surface area contributed by atoms with Crippen LogP contribution in [-0.2, 0) is 4.79 Å². The highest BCUT2D eigenvalue weighted by atomic mass is 19.4. The van der Waals surface area contributed by atoms with Gasteiger partial charge in [-0.3, -0.25) is 4.79 Å². The Hall–Kier alpha value is -2.52. The molecule has 1 rings (SSSR count). The molecule has 0 saturated heterocycles. The summed E-state index contributed by atoms with van der Waals surface area (Å²) in [6.45, 7) is 1.82. The molecule has 3 N–H and O–H groups in total. The minimum absolute atomic E-state index is 0.113. The van der Waals surface area contributed by atoms with Crippen molar-refractivity contribution in [2.45, 2.75) is 38.4 Å². The van der Waals surface area contributed by atoms with Gasteiger partial charge in [0.05, 0.1) is 0 Å². The summed E-state index contributed by atoms with van der Waals surface area (Å²) in [5.41, 5.74) is -0.584. The standard InChI is InChI=1S/C14H18F3N3O4/c1-13(2,5-3-11(21)22)20-12(23)19-9-4-6-18-10(7-9)24-8-14(15,16)17/h4,6-7H,3,5,8H2,1-2H3,(H,21,22)(H2,18,19,20,23). The molecular weight excluding hydrogens is 331 g/mol. The van der Waals surface area contributed by atoms with E-state index >= 15 is 0 Å². The third-order valence-corrected chi connectivity index (χ3v) is 2.79. The fourth-order valence-corrected chi connectivity index (χ4v) is 1.67. The summed E-state index contributed by atoms with van der Waals surface area (Å²) in [6, 6.07) is 1.90. The highest BCUT2D eigenvalue weighted by molar-refractivity contribution is 5.89. The Labute approximate surface area is 136 Å². The molecule has 0 aliphatic heterocycles. The molecule has 0 aliphatic carbocycles. The molecule has 0 saturated carbocycles. The van der Waals surface area contributed by atoms with Crippen molar-refractivity contribution in [3.05, 3.63) is 18.3 Å². The van der Waals surface area contributed by atoms with Crippen LogP contribution in [0.5, 0.6) is 5.88 Å². The van der Waals surface area contributed by atoms with Crippen LogP contribution < -0.4 is 15.4 Å². The van der Waals surface area contributed by atoms with Crippen LogP contribution in [0.25, 0.3) is 0 Å². The number of urea groups is 1. The van der Waals surface area contributed by atoms with E-state index in [9.17, 15) is 22.8 Å². The number of aliphatic carboxylic acids is 1. The number of ether oxygens (including phenoxy) is 1. The number of alkyl halides is 3. The van der Waals surface area contributed by atoms with Crippen molar-refractivity contribution in [3.63, 3.8) is 0 Å². The third kappa shape index (κ3) is 8.20. The number of halogens is 3. The number of hydrogen-bond donors (Lipinski definition) is 3. The summed E-state index contributed by atoms with van der Waals surface area (Å²) in [4.78, 5) is 26.1. The summed E-state index contributed by atoms with van der Waals surface area (Å²) in [5.74, 6) is -1.26. The molecule has 0 radical (unpaired) electrons. The van der Waals surface area contributed by atoms with Crippen molar-refractivity contribution in [1.82, 2.24) is 10.3 Å². The molecule has 0 spiro atoms. The van der Waals surface area contributed by atoms with E-state index in [1.165, 1.54) is 12.3 Å². The van der Waals surface area contributed by atoms with Gasteiger partial charge in [-0.15, -0.1) is 0 Å². The quantitative estimate of drug-likeness (QED) is 0.703. The smallest absolute Gasteiger partial charge is 0.422 e. The van der Waals surface area contributed by atoms with E-state index in [0.717, 1.165) is 6.07 Å². The zero-order valence-electron chi connectivity index (χ0n) is 13.1. The zero-order chi connectivity index (χ0) is 18.4. The third-order valence-electron chi connectivity index (χ3n) is 2.79. The molecule has 10 heteroatoms. The number of rotatable bonds is 7. The van der Waals surface area contributed by atoms with Crippen molar-refractivity contribution in [1.29, 1.82) is 0 Å². The first kappa shape index (κ1) is 19.5. The Morgan fingerprint density at radius 1 is 1.33 bits per heavy atom. The second-order valence-corrected chi connectivity index (χ2v) is 5.64. The van der Waals surface area contributed by atoms with Crippen LogP contribution in [0.2, 0.25) is 0 Å².